The van der Waals surface area contributed by atoms with Gasteiger partial charge < -0.3 is 20.4 Å². The van der Waals surface area contributed by atoms with Gasteiger partial charge in [0.25, 0.3) is 5.91 Å². The van der Waals surface area contributed by atoms with Crippen molar-refractivity contribution in [2.45, 2.75) is 52.7 Å². The summed E-state index contributed by atoms with van der Waals surface area (Å²) in [5.74, 6) is 0.140. The van der Waals surface area contributed by atoms with Crippen LogP contribution in [0.4, 0.5) is 5.00 Å². The first-order valence-electron chi connectivity index (χ1n) is 9.25. The van der Waals surface area contributed by atoms with E-state index in [-0.39, 0.29) is 29.6 Å². The zero-order chi connectivity index (χ0) is 19.2. The minimum absolute atomic E-state index is 0.0655. The van der Waals surface area contributed by atoms with Crippen molar-refractivity contribution < 1.29 is 19.8 Å². The first-order chi connectivity index (χ1) is 12.2. The van der Waals surface area contributed by atoms with E-state index in [2.05, 4.69) is 5.32 Å². The minimum atomic E-state index is -0.697. The van der Waals surface area contributed by atoms with Gasteiger partial charge >= 0.3 is 0 Å². The maximum atomic E-state index is 13.2. The van der Waals surface area contributed by atoms with E-state index in [0.29, 0.717) is 36.5 Å². The van der Waals surface area contributed by atoms with Crippen LogP contribution in [-0.2, 0) is 4.79 Å². The van der Waals surface area contributed by atoms with Gasteiger partial charge in [0, 0.05) is 23.9 Å². The molecule has 2 heterocycles. The Hall–Kier alpha value is -1.44. The van der Waals surface area contributed by atoms with E-state index in [1.165, 1.54) is 11.3 Å². The number of hydrogen-bond donors (Lipinski definition) is 3. The van der Waals surface area contributed by atoms with E-state index >= 15 is 0 Å². The van der Waals surface area contributed by atoms with Crippen molar-refractivity contribution in [2.24, 2.45) is 17.8 Å². The molecule has 2 fully saturated rings. The Labute approximate surface area is 158 Å². The van der Waals surface area contributed by atoms with Crippen molar-refractivity contribution in [3.8, 4) is 0 Å². The second kappa shape index (κ2) is 7.29. The molecule has 4 atom stereocenters. The lowest BCUT2D eigenvalue weighted by Gasteiger charge is -2.31. The highest BCUT2D eigenvalue weighted by atomic mass is 32.1. The molecule has 2 aliphatic rings. The summed E-state index contributed by atoms with van der Waals surface area (Å²) < 4.78 is 0. The lowest BCUT2D eigenvalue weighted by molar-refractivity contribution is -0.118. The maximum Gasteiger partial charge on any atom is 0.257 e. The van der Waals surface area contributed by atoms with Gasteiger partial charge in [0.1, 0.15) is 5.00 Å². The number of carbonyl (C=O) groups is 2. The Balaban J connectivity index is 1.81. The zero-order valence-electron chi connectivity index (χ0n) is 15.8. The number of aliphatic hydroxyl groups excluding tert-OH is 2. The van der Waals surface area contributed by atoms with Crippen LogP contribution in [0.2, 0.25) is 0 Å². The highest BCUT2D eigenvalue weighted by Crippen LogP contribution is 2.39. The van der Waals surface area contributed by atoms with Crippen LogP contribution in [0.3, 0.4) is 0 Å². The van der Waals surface area contributed by atoms with E-state index in [0.717, 1.165) is 10.4 Å². The van der Waals surface area contributed by atoms with Crippen LogP contribution in [0.15, 0.2) is 0 Å². The van der Waals surface area contributed by atoms with Gasteiger partial charge in [-0.2, -0.15) is 0 Å². The van der Waals surface area contributed by atoms with E-state index < -0.39 is 12.2 Å². The summed E-state index contributed by atoms with van der Waals surface area (Å²) in [6, 6.07) is 0. The zero-order valence-corrected chi connectivity index (χ0v) is 16.6. The number of fused-ring (bicyclic) bond motifs is 1. The molecule has 1 aliphatic carbocycles. The van der Waals surface area contributed by atoms with Crippen LogP contribution in [0, 0.1) is 31.6 Å². The number of aliphatic hydroxyl groups is 2. The number of likely N-dealkylation sites (tertiary alicyclic amines) is 1. The van der Waals surface area contributed by atoms with Crippen molar-refractivity contribution in [1.29, 1.82) is 0 Å². The van der Waals surface area contributed by atoms with Crippen LogP contribution in [0.1, 0.15) is 47.5 Å². The van der Waals surface area contributed by atoms with Crippen LogP contribution < -0.4 is 5.32 Å². The van der Waals surface area contributed by atoms with Gasteiger partial charge in [-0.3, -0.25) is 9.59 Å². The summed E-state index contributed by atoms with van der Waals surface area (Å²) in [5, 5.41) is 23.3. The molecular formula is C19H28N2O4S. The highest BCUT2D eigenvalue weighted by Gasteiger charge is 2.43. The summed E-state index contributed by atoms with van der Waals surface area (Å²) in [6.07, 6.45) is -0.322. The maximum absolute atomic E-state index is 13.2. The number of thiophene rings is 1. The average Bonchev–Trinajstić information content (AvgIpc) is 3.08. The molecule has 0 aromatic carbocycles. The second-order valence-corrected chi connectivity index (χ2v) is 9.19. The molecule has 0 spiro atoms. The lowest BCUT2D eigenvalue weighted by atomic mass is 9.79. The van der Waals surface area contributed by atoms with Gasteiger partial charge in [-0.05, 0) is 44.1 Å². The normalized spacial score (nSPS) is 28.3. The topological polar surface area (TPSA) is 89.9 Å². The number of hydrogen-bond acceptors (Lipinski definition) is 5. The van der Waals surface area contributed by atoms with Crippen molar-refractivity contribution >= 4 is 28.2 Å². The molecule has 7 heteroatoms. The fourth-order valence-corrected chi connectivity index (χ4v) is 5.02. The molecule has 1 aromatic rings. The molecule has 2 amide bonds. The van der Waals surface area contributed by atoms with Crippen LogP contribution in [-0.4, -0.2) is 52.2 Å². The van der Waals surface area contributed by atoms with Crippen LogP contribution >= 0.6 is 11.3 Å². The molecule has 1 saturated heterocycles. The Morgan fingerprint density at radius 2 is 1.65 bits per heavy atom. The summed E-state index contributed by atoms with van der Waals surface area (Å²) in [4.78, 5) is 28.2. The fraction of sp³-hybridized carbons (Fsp3) is 0.684. The molecule has 144 valence electrons. The average molecular weight is 381 g/mol. The first-order valence-corrected chi connectivity index (χ1v) is 10.1. The number of amides is 2. The highest BCUT2D eigenvalue weighted by molar-refractivity contribution is 7.16. The van der Waals surface area contributed by atoms with Gasteiger partial charge in [0.2, 0.25) is 5.91 Å². The molecular weight excluding hydrogens is 352 g/mol. The molecule has 0 bridgehead atoms. The molecule has 1 saturated carbocycles. The third-order valence-electron chi connectivity index (χ3n) is 5.76. The predicted molar refractivity (Wildman–Crippen MR) is 101 cm³/mol. The Morgan fingerprint density at radius 3 is 2.15 bits per heavy atom. The van der Waals surface area contributed by atoms with Crippen LogP contribution in [0.25, 0.3) is 0 Å². The first kappa shape index (κ1) is 19.3. The van der Waals surface area contributed by atoms with Gasteiger partial charge in [0.05, 0.1) is 17.8 Å². The number of anilines is 1. The molecule has 6 nitrogen and oxygen atoms in total. The number of nitrogens with one attached hydrogen (secondary N) is 1. The molecule has 0 unspecified atom stereocenters. The third kappa shape index (κ3) is 3.52. The largest absolute Gasteiger partial charge is 0.390 e. The number of carbonyl (C=O) groups excluding carboxylic acids is 2. The summed E-state index contributed by atoms with van der Waals surface area (Å²) in [5.41, 5.74) is 1.50. The van der Waals surface area contributed by atoms with Crippen molar-refractivity contribution in [1.82, 2.24) is 4.90 Å². The summed E-state index contributed by atoms with van der Waals surface area (Å²) in [6.45, 7) is 8.72. The number of nitrogens with zero attached hydrogens (tertiary/aromatic N) is 1. The van der Waals surface area contributed by atoms with Crippen molar-refractivity contribution in [3.05, 3.63) is 16.0 Å². The lowest BCUT2D eigenvalue weighted by Crippen LogP contribution is -2.38. The smallest absolute Gasteiger partial charge is 0.257 e. The van der Waals surface area contributed by atoms with E-state index in [9.17, 15) is 19.8 Å². The van der Waals surface area contributed by atoms with E-state index in [1.54, 1.807) is 0 Å². The minimum Gasteiger partial charge on any atom is -0.390 e. The van der Waals surface area contributed by atoms with Crippen molar-refractivity contribution in [3.63, 3.8) is 0 Å². The van der Waals surface area contributed by atoms with Crippen molar-refractivity contribution in [2.75, 3.05) is 18.4 Å². The van der Waals surface area contributed by atoms with Crippen LogP contribution in [0.5, 0.6) is 0 Å². The number of rotatable bonds is 3. The van der Waals surface area contributed by atoms with E-state index in [4.69, 9.17) is 0 Å². The standard InChI is InChI=1S/C19H28N2O4S/c1-9(2)17(24)20-18-16(10(3)11(4)26-18)19(25)21-7-12-5-14(22)15(23)6-13(12)8-21/h9,12-15,22-23H,5-8H2,1-4H3,(H,20,24)/t12-,13+,14-,15-/m0/s1. The van der Waals surface area contributed by atoms with Gasteiger partial charge in [-0.1, -0.05) is 13.8 Å². The molecule has 1 aliphatic heterocycles. The Kier molecular flexibility index (Phi) is 5.42. The number of aryl methyl sites for hydroxylation is 1. The van der Waals surface area contributed by atoms with Gasteiger partial charge in [0.15, 0.2) is 0 Å². The Morgan fingerprint density at radius 1 is 1.12 bits per heavy atom. The third-order valence-corrected chi connectivity index (χ3v) is 6.88. The summed E-state index contributed by atoms with van der Waals surface area (Å²) >= 11 is 1.44. The molecule has 3 N–H and O–H groups in total. The monoisotopic (exact) mass is 380 g/mol. The quantitative estimate of drug-likeness (QED) is 0.750. The van der Waals surface area contributed by atoms with Gasteiger partial charge in [-0.15, -0.1) is 11.3 Å². The second-order valence-electron chi connectivity index (χ2n) is 7.97. The fourth-order valence-electron chi connectivity index (χ4n) is 3.96. The SMILES string of the molecule is Cc1sc(NC(=O)C(C)C)c(C(=O)N2C[C@H]3C[C@H](O)[C@@H](O)C[C@H]3C2)c1C. The predicted octanol–water partition coefficient (Wildman–Crippen LogP) is 2.16. The van der Waals surface area contributed by atoms with Gasteiger partial charge in [-0.25, -0.2) is 0 Å². The molecule has 26 heavy (non-hydrogen) atoms. The van der Waals surface area contributed by atoms with E-state index in [1.807, 2.05) is 32.6 Å². The Bertz CT molecular complexity index is 697. The summed E-state index contributed by atoms with van der Waals surface area (Å²) in [7, 11) is 0. The molecule has 0 radical (unpaired) electrons. The molecule has 1 aromatic heterocycles. The molecule has 3 rings (SSSR count).